The summed E-state index contributed by atoms with van der Waals surface area (Å²) < 4.78 is 0. The van der Waals surface area contributed by atoms with Gasteiger partial charge < -0.3 is 10.0 Å². The normalized spacial score (nSPS) is 11.2. The van der Waals surface area contributed by atoms with Crippen molar-refractivity contribution in [3.05, 3.63) is 22.7 Å². The second-order valence-electron chi connectivity index (χ2n) is 4.72. The van der Waals surface area contributed by atoms with Crippen molar-refractivity contribution in [2.75, 3.05) is 19.0 Å². The molecule has 2 aromatic heterocycles. The first-order valence-corrected chi connectivity index (χ1v) is 6.57. The first-order chi connectivity index (χ1) is 8.41. The van der Waals surface area contributed by atoms with Gasteiger partial charge in [-0.2, -0.15) is 0 Å². The van der Waals surface area contributed by atoms with Crippen LogP contribution in [0.5, 0.6) is 0 Å². The summed E-state index contributed by atoms with van der Waals surface area (Å²) in [7, 11) is 3.70. The molecule has 1 N–H and O–H groups in total. The van der Waals surface area contributed by atoms with Crippen molar-refractivity contribution in [1.29, 1.82) is 0 Å². The first-order valence-electron chi connectivity index (χ1n) is 5.76. The van der Waals surface area contributed by atoms with Crippen LogP contribution in [-0.2, 0) is 0 Å². The molecule has 4 nitrogen and oxygen atoms in total. The van der Waals surface area contributed by atoms with Crippen LogP contribution in [0.25, 0.3) is 10.2 Å². The molecular formula is C13H16N2O2S. The number of pyridine rings is 1. The Morgan fingerprint density at radius 2 is 2.06 bits per heavy atom. The molecule has 0 amide bonds. The van der Waals surface area contributed by atoms with E-state index in [-0.39, 0.29) is 0 Å². The minimum atomic E-state index is -0.896. The number of rotatable bonds is 3. The summed E-state index contributed by atoms with van der Waals surface area (Å²) in [6.07, 6.45) is 0. The molecule has 0 fully saturated rings. The van der Waals surface area contributed by atoms with Gasteiger partial charge in [0, 0.05) is 25.2 Å². The van der Waals surface area contributed by atoms with Gasteiger partial charge in [0.1, 0.15) is 9.71 Å². The number of anilines is 1. The third-order valence-corrected chi connectivity index (χ3v) is 3.86. The maximum Gasteiger partial charge on any atom is 0.348 e. The van der Waals surface area contributed by atoms with E-state index in [0.717, 1.165) is 21.6 Å². The van der Waals surface area contributed by atoms with Gasteiger partial charge in [0.05, 0.1) is 5.69 Å². The monoisotopic (exact) mass is 264 g/mol. The Balaban J connectivity index is 2.72. The number of fused-ring (bicyclic) bond motifs is 1. The number of aromatic carboxylic acids is 1. The number of carboxylic acids is 1. The Kier molecular flexibility index (Phi) is 3.26. The van der Waals surface area contributed by atoms with Gasteiger partial charge in [-0.1, -0.05) is 13.8 Å². The fraction of sp³-hybridized carbons (Fsp3) is 0.385. The third kappa shape index (κ3) is 2.06. The van der Waals surface area contributed by atoms with E-state index in [1.807, 2.05) is 31.1 Å². The molecule has 18 heavy (non-hydrogen) atoms. The van der Waals surface area contributed by atoms with Gasteiger partial charge in [-0.15, -0.1) is 11.3 Å². The molecule has 0 saturated heterocycles. The Morgan fingerprint density at radius 1 is 1.39 bits per heavy atom. The van der Waals surface area contributed by atoms with Gasteiger partial charge in [-0.05, 0) is 18.1 Å². The average molecular weight is 264 g/mol. The maximum absolute atomic E-state index is 11.3. The van der Waals surface area contributed by atoms with Gasteiger partial charge in [0.15, 0.2) is 0 Å². The van der Waals surface area contributed by atoms with E-state index in [4.69, 9.17) is 0 Å². The Labute approximate surface area is 110 Å². The highest BCUT2D eigenvalue weighted by atomic mass is 32.1. The molecule has 0 saturated carbocycles. The van der Waals surface area contributed by atoms with E-state index in [1.54, 1.807) is 0 Å². The molecule has 0 spiro atoms. The molecule has 0 atom stereocenters. The summed E-state index contributed by atoms with van der Waals surface area (Å²) in [5, 5.41) is 10.2. The van der Waals surface area contributed by atoms with Crippen molar-refractivity contribution in [2.24, 2.45) is 0 Å². The summed E-state index contributed by atoms with van der Waals surface area (Å²) in [6, 6.07) is 3.94. The van der Waals surface area contributed by atoms with Crippen LogP contribution in [0.3, 0.4) is 0 Å². The molecule has 96 valence electrons. The zero-order valence-electron chi connectivity index (χ0n) is 10.9. The van der Waals surface area contributed by atoms with Gasteiger partial charge in [-0.3, -0.25) is 0 Å². The van der Waals surface area contributed by atoms with E-state index >= 15 is 0 Å². The highest BCUT2D eigenvalue weighted by Crippen LogP contribution is 2.37. The smallest absolute Gasteiger partial charge is 0.348 e. The van der Waals surface area contributed by atoms with E-state index in [2.05, 4.69) is 18.8 Å². The largest absolute Gasteiger partial charge is 0.477 e. The van der Waals surface area contributed by atoms with Crippen molar-refractivity contribution < 1.29 is 9.90 Å². The fourth-order valence-electron chi connectivity index (χ4n) is 1.89. The molecule has 0 aliphatic rings. The lowest BCUT2D eigenvalue weighted by atomic mass is 10.1. The number of carboxylic acid groups (broad SMARTS) is 1. The average Bonchev–Trinajstić information content (AvgIpc) is 2.66. The van der Waals surface area contributed by atoms with Crippen LogP contribution in [0.4, 0.5) is 5.69 Å². The molecule has 0 bridgehead atoms. The molecule has 5 heteroatoms. The molecular weight excluding hydrogens is 248 g/mol. The zero-order valence-corrected chi connectivity index (χ0v) is 11.7. The number of thiophene rings is 1. The fourth-order valence-corrected chi connectivity index (χ4v) is 2.99. The lowest BCUT2D eigenvalue weighted by Gasteiger charge is -2.12. The summed E-state index contributed by atoms with van der Waals surface area (Å²) in [4.78, 5) is 18.8. The number of carbonyl (C=O) groups is 1. The number of hydrogen-bond donors (Lipinski definition) is 1. The van der Waals surface area contributed by atoms with E-state index in [0.29, 0.717) is 10.8 Å². The number of aromatic nitrogens is 1. The molecule has 0 aromatic carbocycles. The zero-order chi connectivity index (χ0) is 13.4. The number of hydrogen-bond acceptors (Lipinski definition) is 4. The third-order valence-electron chi connectivity index (χ3n) is 2.78. The predicted molar refractivity (Wildman–Crippen MR) is 75.0 cm³/mol. The van der Waals surface area contributed by atoms with Crippen molar-refractivity contribution >= 4 is 33.2 Å². The topological polar surface area (TPSA) is 53.4 Å². The summed E-state index contributed by atoms with van der Waals surface area (Å²) >= 11 is 1.24. The maximum atomic E-state index is 11.3. The SMILES string of the molecule is CC(C)c1ccc2c(N(C)C)c(C(=O)O)sc2n1. The second-order valence-corrected chi connectivity index (χ2v) is 5.72. The van der Waals surface area contributed by atoms with Crippen LogP contribution in [0.1, 0.15) is 35.1 Å². The lowest BCUT2D eigenvalue weighted by molar-refractivity contribution is 0.0703. The summed E-state index contributed by atoms with van der Waals surface area (Å²) in [6.45, 7) is 4.15. The quantitative estimate of drug-likeness (QED) is 0.925. The molecule has 0 aliphatic heterocycles. The summed E-state index contributed by atoms with van der Waals surface area (Å²) in [5.41, 5.74) is 1.73. The van der Waals surface area contributed by atoms with Crippen LogP contribution in [0, 0.1) is 0 Å². The molecule has 2 rings (SSSR count). The van der Waals surface area contributed by atoms with Crippen LogP contribution in [0.15, 0.2) is 12.1 Å². The van der Waals surface area contributed by atoms with E-state index < -0.39 is 5.97 Å². The van der Waals surface area contributed by atoms with Gasteiger partial charge in [0.2, 0.25) is 0 Å². The first kappa shape index (κ1) is 12.8. The van der Waals surface area contributed by atoms with Crippen molar-refractivity contribution in [2.45, 2.75) is 19.8 Å². The van der Waals surface area contributed by atoms with Gasteiger partial charge in [-0.25, -0.2) is 9.78 Å². The standard InChI is InChI=1S/C13H16N2O2S/c1-7(2)9-6-5-8-10(15(3)4)11(13(16)17)18-12(8)14-9/h5-7H,1-4H3,(H,16,17). The van der Waals surface area contributed by atoms with Crippen LogP contribution >= 0.6 is 11.3 Å². The van der Waals surface area contributed by atoms with E-state index in [9.17, 15) is 9.90 Å². The predicted octanol–water partition coefficient (Wildman–Crippen LogP) is 3.18. The molecule has 0 unspecified atom stereocenters. The molecule has 2 heterocycles. The Morgan fingerprint density at radius 3 is 2.56 bits per heavy atom. The Hall–Kier alpha value is -1.62. The lowest BCUT2D eigenvalue weighted by Crippen LogP contribution is -2.11. The van der Waals surface area contributed by atoms with Crippen molar-refractivity contribution in [3.63, 3.8) is 0 Å². The Bertz CT molecular complexity index is 602. The van der Waals surface area contributed by atoms with Crippen molar-refractivity contribution in [3.8, 4) is 0 Å². The van der Waals surface area contributed by atoms with Crippen LogP contribution in [0.2, 0.25) is 0 Å². The molecule has 2 aromatic rings. The molecule has 0 aliphatic carbocycles. The highest BCUT2D eigenvalue weighted by molar-refractivity contribution is 7.21. The minimum Gasteiger partial charge on any atom is -0.477 e. The number of nitrogens with zero attached hydrogens (tertiary/aromatic N) is 2. The van der Waals surface area contributed by atoms with Crippen LogP contribution in [-0.4, -0.2) is 30.2 Å². The van der Waals surface area contributed by atoms with Crippen molar-refractivity contribution in [1.82, 2.24) is 4.98 Å². The summed E-state index contributed by atoms with van der Waals surface area (Å²) in [5.74, 6) is -0.555. The van der Waals surface area contributed by atoms with E-state index in [1.165, 1.54) is 11.3 Å². The van der Waals surface area contributed by atoms with Crippen LogP contribution < -0.4 is 4.90 Å². The molecule has 0 radical (unpaired) electrons. The minimum absolute atomic E-state index is 0.340. The van der Waals surface area contributed by atoms with Gasteiger partial charge >= 0.3 is 5.97 Å². The second kappa shape index (κ2) is 4.57. The van der Waals surface area contributed by atoms with Gasteiger partial charge in [0.25, 0.3) is 0 Å². The highest BCUT2D eigenvalue weighted by Gasteiger charge is 2.20.